The van der Waals surface area contributed by atoms with Crippen molar-refractivity contribution in [3.05, 3.63) is 35.7 Å². The zero-order chi connectivity index (χ0) is 14.0. The molecule has 0 unspecified atom stereocenters. The Kier molecular flexibility index (Phi) is 3.41. The smallest absolute Gasteiger partial charge is 0.250 e. The lowest BCUT2D eigenvalue weighted by Gasteiger charge is -2.11. The number of anilines is 3. The van der Waals surface area contributed by atoms with Crippen molar-refractivity contribution < 1.29 is 4.79 Å². The molecule has 1 amide bonds. The standard InChI is InChI=1S/C13H17N5O/c1-3-9-11(7-18(2)17-9)16-10-6-4-5-8(12(10)14)13(15)19/h4-7,16H,3,14H2,1-2H3,(H2,15,19). The van der Waals surface area contributed by atoms with E-state index in [2.05, 4.69) is 10.4 Å². The summed E-state index contributed by atoms with van der Waals surface area (Å²) < 4.78 is 1.73. The molecule has 0 fully saturated rings. The number of aryl methyl sites for hydroxylation is 2. The van der Waals surface area contributed by atoms with E-state index in [9.17, 15) is 4.79 Å². The summed E-state index contributed by atoms with van der Waals surface area (Å²) in [6, 6.07) is 5.14. The third-order valence-electron chi connectivity index (χ3n) is 2.88. The van der Waals surface area contributed by atoms with Crippen LogP contribution in [0.25, 0.3) is 0 Å². The van der Waals surface area contributed by atoms with Crippen LogP contribution in [-0.2, 0) is 13.5 Å². The molecule has 1 heterocycles. The summed E-state index contributed by atoms with van der Waals surface area (Å²) in [6.45, 7) is 2.02. The number of hydrogen-bond acceptors (Lipinski definition) is 4. The summed E-state index contributed by atoms with van der Waals surface area (Å²) in [5, 5.41) is 7.53. The van der Waals surface area contributed by atoms with Gasteiger partial charge in [0.2, 0.25) is 0 Å². The SMILES string of the molecule is CCc1nn(C)cc1Nc1cccc(C(N)=O)c1N. The highest BCUT2D eigenvalue weighted by molar-refractivity contribution is 6.01. The average Bonchev–Trinajstić information content (AvgIpc) is 2.71. The van der Waals surface area contributed by atoms with Crippen molar-refractivity contribution >= 4 is 23.0 Å². The van der Waals surface area contributed by atoms with Crippen molar-refractivity contribution in [1.82, 2.24) is 9.78 Å². The van der Waals surface area contributed by atoms with E-state index in [4.69, 9.17) is 11.5 Å². The van der Waals surface area contributed by atoms with Crippen molar-refractivity contribution in [3.8, 4) is 0 Å². The Morgan fingerprint density at radius 2 is 2.16 bits per heavy atom. The average molecular weight is 259 g/mol. The molecule has 0 aliphatic rings. The van der Waals surface area contributed by atoms with Crippen LogP contribution < -0.4 is 16.8 Å². The van der Waals surface area contributed by atoms with Gasteiger partial charge in [0.15, 0.2) is 0 Å². The quantitative estimate of drug-likeness (QED) is 0.723. The van der Waals surface area contributed by atoms with Crippen LogP contribution in [-0.4, -0.2) is 15.7 Å². The Morgan fingerprint density at radius 1 is 1.42 bits per heavy atom. The number of carbonyl (C=O) groups is 1. The maximum Gasteiger partial charge on any atom is 0.250 e. The Bertz CT molecular complexity index is 617. The minimum atomic E-state index is -0.539. The second-order valence-electron chi connectivity index (χ2n) is 4.27. The summed E-state index contributed by atoms with van der Waals surface area (Å²) in [7, 11) is 1.85. The molecule has 0 radical (unpaired) electrons. The molecule has 2 rings (SSSR count). The molecular weight excluding hydrogens is 242 g/mol. The number of nitrogen functional groups attached to an aromatic ring is 1. The van der Waals surface area contributed by atoms with Gasteiger partial charge in [-0.15, -0.1) is 0 Å². The molecule has 0 saturated heterocycles. The summed E-state index contributed by atoms with van der Waals surface area (Å²) in [4.78, 5) is 11.3. The number of hydrogen-bond donors (Lipinski definition) is 3. The van der Waals surface area contributed by atoms with Crippen molar-refractivity contribution in [2.24, 2.45) is 12.8 Å². The minimum absolute atomic E-state index is 0.312. The van der Waals surface area contributed by atoms with Crippen LogP contribution in [0.2, 0.25) is 0 Å². The van der Waals surface area contributed by atoms with E-state index in [1.807, 2.05) is 20.2 Å². The number of benzene rings is 1. The molecule has 6 nitrogen and oxygen atoms in total. The van der Waals surface area contributed by atoms with E-state index in [1.165, 1.54) is 0 Å². The first-order valence-corrected chi connectivity index (χ1v) is 6.00. The van der Waals surface area contributed by atoms with Crippen molar-refractivity contribution in [2.45, 2.75) is 13.3 Å². The molecule has 0 saturated carbocycles. The predicted molar refractivity (Wildman–Crippen MR) is 75.2 cm³/mol. The van der Waals surface area contributed by atoms with E-state index in [0.29, 0.717) is 16.9 Å². The highest BCUT2D eigenvalue weighted by Crippen LogP contribution is 2.27. The van der Waals surface area contributed by atoms with Crippen molar-refractivity contribution in [3.63, 3.8) is 0 Å². The topological polar surface area (TPSA) is 99.0 Å². The van der Waals surface area contributed by atoms with Crippen LogP contribution in [0.15, 0.2) is 24.4 Å². The van der Waals surface area contributed by atoms with Gasteiger partial charge < -0.3 is 16.8 Å². The monoisotopic (exact) mass is 259 g/mol. The van der Waals surface area contributed by atoms with Gasteiger partial charge in [-0.05, 0) is 18.6 Å². The third-order valence-corrected chi connectivity index (χ3v) is 2.88. The first kappa shape index (κ1) is 12.9. The van der Waals surface area contributed by atoms with Gasteiger partial charge in [-0.1, -0.05) is 13.0 Å². The molecule has 6 heteroatoms. The minimum Gasteiger partial charge on any atom is -0.396 e. The lowest BCUT2D eigenvalue weighted by Crippen LogP contribution is -2.14. The van der Waals surface area contributed by atoms with E-state index >= 15 is 0 Å². The normalized spacial score (nSPS) is 10.4. The highest BCUT2D eigenvalue weighted by atomic mass is 16.1. The number of aromatic nitrogens is 2. The lowest BCUT2D eigenvalue weighted by molar-refractivity contribution is 0.100. The number of carbonyl (C=O) groups excluding carboxylic acids is 1. The van der Waals surface area contributed by atoms with Gasteiger partial charge in [-0.2, -0.15) is 5.10 Å². The third kappa shape index (κ3) is 2.52. The van der Waals surface area contributed by atoms with Crippen LogP contribution in [0.5, 0.6) is 0 Å². The van der Waals surface area contributed by atoms with Crippen LogP contribution >= 0.6 is 0 Å². The molecular formula is C13H17N5O. The number of nitrogens with zero attached hydrogens (tertiary/aromatic N) is 2. The zero-order valence-electron chi connectivity index (χ0n) is 11.0. The Morgan fingerprint density at radius 3 is 2.79 bits per heavy atom. The highest BCUT2D eigenvalue weighted by Gasteiger charge is 2.12. The molecule has 5 N–H and O–H groups in total. The van der Waals surface area contributed by atoms with E-state index < -0.39 is 5.91 Å². The number of para-hydroxylation sites is 1. The van der Waals surface area contributed by atoms with E-state index in [1.54, 1.807) is 22.9 Å². The van der Waals surface area contributed by atoms with Crippen molar-refractivity contribution in [1.29, 1.82) is 0 Å². The predicted octanol–water partition coefficient (Wildman–Crippen LogP) is 1.41. The van der Waals surface area contributed by atoms with E-state index in [0.717, 1.165) is 17.8 Å². The maximum atomic E-state index is 11.3. The van der Waals surface area contributed by atoms with Crippen LogP contribution in [0.1, 0.15) is 23.0 Å². The Labute approximate surface area is 111 Å². The van der Waals surface area contributed by atoms with Crippen LogP contribution in [0, 0.1) is 0 Å². The molecule has 19 heavy (non-hydrogen) atoms. The summed E-state index contributed by atoms with van der Waals surface area (Å²) in [5.41, 5.74) is 14.3. The molecule has 1 aromatic carbocycles. The van der Waals surface area contributed by atoms with Crippen LogP contribution in [0.4, 0.5) is 17.1 Å². The largest absolute Gasteiger partial charge is 0.396 e. The summed E-state index contributed by atoms with van der Waals surface area (Å²) in [5.74, 6) is -0.539. The second-order valence-corrected chi connectivity index (χ2v) is 4.27. The Hall–Kier alpha value is -2.50. The van der Waals surface area contributed by atoms with Crippen molar-refractivity contribution in [2.75, 3.05) is 11.1 Å². The fraction of sp³-hybridized carbons (Fsp3) is 0.231. The molecule has 0 bridgehead atoms. The molecule has 2 aromatic rings. The molecule has 0 spiro atoms. The van der Waals surface area contributed by atoms with Gasteiger partial charge in [-0.3, -0.25) is 9.48 Å². The first-order chi connectivity index (χ1) is 9.02. The number of nitrogens with two attached hydrogens (primary N) is 2. The van der Waals surface area contributed by atoms with Gasteiger partial charge >= 0.3 is 0 Å². The first-order valence-electron chi connectivity index (χ1n) is 6.00. The van der Waals surface area contributed by atoms with E-state index in [-0.39, 0.29) is 0 Å². The molecule has 1 aromatic heterocycles. The van der Waals surface area contributed by atoms with Gasteiger partial charge in [0.05, 0.1) is 28.3 Å². The maximum absolute atomic E-state index is 11.3. The van der Waals surface area contributed by atoms with Gasteiger partial charge in [0, 0.05) is 13.2 Å². The molecule has 100 valence electrons. The number of amides is 1. The Balaban J connectivity index is 2.38. The molecule has 0 aliphatic heterocycles. The summed E-state index contributed by atoms with van der Waals surface area (Å²) >= 11 is 0. The van der Waals surface area contributed by atoms with Crippen LogP contribution in [0.3, 0.4) is 0 Å². The molecule has 0 atom stereocenters. The molecule has 0 aliphatic carbocycles. The lowest BCUT2D eigenvalue weighted by atomic mass is 10.1. The fourth-order valence-electron chi connectivity index (χ4n) is 1.93. The van der Waals surface area contributed by atoms with Gasteiger partial charge in [0.1, 0.15) is 0 Å². The number of rotatable bonds is 4. The van der Waals surface area contributed by atoms with Gasteiger partial charge in [0.25, 0.3) is 5.91 Å². The second kappa shape index (κ2) is 5.01. The zero-order valence-corrected chi connectivity index (χ0v) is 11.0. The fourth-order valence-corrected chi connectivity index (χ4v) is 1.93. The van der Waals surface area contributed by atoms with Gasteiger partial charge in [-0.25, -0.2) is 0 Å². The summed E-state index contributed by atoms with van der Waals surface area (Å²) in [6.07, 6.45) is 2.67. The number of primary amides is 1. The number of nitrogens with one attached hydrogen (secondary N) is 1.